The Morgan fingerprint density at radius 1 is 0.946 bits per heavy atom. The summed E-state index contributed by atoms with van der Waals surface area (Å²) in [4.78, 5) is 28.3. The van der Waals surface area contributed by atoms with E-state index in [9.17, 15) is 18.0 Å². The van der Waals surface area contributed by atoms with Gasteiger partial charge in [-0.05, 0) is 56.2 Å². The Balaban J connectivity index is 2.04. The molecule has 1 N–H and O–H groups in total. The highest BCUT2D eigenvalue weighted by molar-refractivity contribution is 7.92. The molecule has 0 heterocycles. The van der Waals surface area contributed by atoms with Gasteiger partial charge in [0.15, 0.2) is 0 Å². The number of nitrogens with zero attached hydrogens (tertiary/aromatic N) is 2. The van der Waals surface area contributed by atoms with Crippen molar-refractivity contribution in [3.05, 3.63) is 95.0 Å². The van der Waals surface area contributed by atoms with E-state index < -0.39 is 28.5 Å². The van der Waals surface area contributed by atoms with Gasteiger partial charge >= 0.3 is 0 Å². The minimum Gasteiger partial charge on any atom is -0.355 e. The third kappa shape index (κ3) is 7.11. The van der Waals surface area contributed by atoms with Crippen LogP contribution in [0.15, 0.2) is 83.8 Å². The van der Waals surface area contributed by atoms with Gasteiger partial charge in [-0.25, -0.2) is 8.42 Å². The Labute approximate surface area is 224 Å². The first-order chi connectivity index (χ1) is 17.7. The smallest absolute Gasteiger partial charge is 0.264 e. The van der Waals surface area contributed by atoms with Gasteiger partial charge in [0.05, 0.1) is 10.6 Å². The van der Waals surface area contributed by atoms with Gasteiger partial charge in [-0.15, -0.1) is 0 Å². The molecule has 0 aliphatic carbocycles. The zero-order chi connectivity index (χ0) is 27.0. The highest BCUT2D eigenvalue weighted by Crippen LogP contribution is 2.27. The molecule has 0 radical (unpaired) electrons. The summed E-state index contributed by atoms with van der Waals surface area (Å²) in [5, 5.41) is 3.13. The number of halogens is 1. The lowest BCUT2D eigenvalue weighted by atomic mass is 10.1. The third-order valence-corrected chi connectivity index (χ3v) is 7.94. The van der Waals surface area contributed by atoms with Gasteiger partial charge in [-0.1, -0.05) is 72.6 Å². The number of sulfonamides is 1. The summed E-state index contributed by atoms with van der Waals surface area (Å²) >= 11 is 6.18. The number of amides is 2. The van der Waals surface area contributed by atoms with E-state index in [2.05, 4.69) is 5.32 Å². The van der Waals surface area contributed by atoms with E-state index in [1.165, 1.54) is 23.1 Å². The Hall–Kier alpha value is -3.36. The predicted octanol–water partition coefficient (Wildman–Crippen LogP) is 4.79. The molecule has 1 atom stereocenters. The van der Waals surface area contributed by atoms with Gasteiger partial charge in [0.25, 0.3) is 10.0 Å². The van der Waals surface area contributed by atoms with Crippen LogP contribution in [0.4, 0.5) is 5.69 Å². The van der Waals surface area contributed by atoms with Crippen LogP contribution in [-0.2, 0) is 26.2 Å². The lowest BCUT2D eigenvalue weighted by Crippen LogP contribution is -2.52. The maximum absolute atomic E-state index is 13.9. The molecule has 7 nitrogen and oxygen atoms in total. The number of aryl methyl sites for hydroxylation is 1. The maximum atomic E-state index is 13.9. The number of anilines is 1. The van der Waals surface area contributed by atoms with Gasteiger partial charge in [0, 0.05) is 18.1 Å². The first-order valence-electron chi connectivity index (χ1n) is 12.1. The van der Waals surface area contributed by atoms with Gasteiger partial charge in [-0.3, -0.25) is 13.9 Å². The van der Waals surface area contributed by atoms with Crippen LogP contribution in [0.25, 0.3) is 0 Å². The van der Waals surface area contributed by atoms with Crippen LogP contribution in [0.5, 0.6) is 0 Å². The Kier molecular flexibility index (Phi) is 9.72. The fourth-order valence-electron chi connectivity index (χ4n) is 3.98. The highest BCUT2D eigenvalue weighted by Gasteiger charge is 2.33. The van der Waals surface area contributed by atoms with Gasteiger partial charge < -0.3 is 10.2 Å². The molecule has 3 aromatic carbocycles. The number of benzene rings is 3. The van der Waals surface area contributed by atoms with Crippen molar-refractivity contribution in [1.82, 2.24) is 10.2 Å². The van der Waals surface area contributed by atoms with Crippen LogP contribution in [-0.4, -0.2) is 44.3 Å². The minimum absolute atomic E-state index is 0.0450. The fourth-order valence-corrected chi connectivity index (χ4v) is 5.59. The van der Waals surface area contributed by atoms with Crippen molar-refractivity contribution in [3.63, 3.8) is 0 Å². The molecule has 0 spiro atoms. The molecule has 1 unspecified atom stereocenters. The van der Waals surface area contributed by atoms with E-state index in [1.807, 2.05) is 45.0 Å². The van der Waals surface area contributed by atoms with E-state index in [0.29, 0.717) is 18.0 Å². The van der Waals surface area contributed by atoms with E-state index in [0.717, 1.165) is 15.4 Å². The number of carbonyl (C=O) groups excluding carboxylic acids is 2. The number of likely N-dealkylation sites (N-methyl/N-ethyl adjacent to an activating group) is 1. The molecule has 2 amide bonds. The van der Waals surface area contributed by atoms with Crippen LogP contribution in [0.1, 0.15) is 31.4 Å². The SMILES string of the molecule is CCNC(=O)C(CC)N(Cc1ccc(C)cc1)C(=O)CN(c1cccc(Cl)c1)S(=O)(=O)c1ccccc1. The molecule has 0 aromatic heterocycles. The van der Waals surface area contributed by atoms with Gasteiger partial charge in [-0.2, -0.15) is 0 Å². The number of rotatable bonds is 11. The Bertz CT molecular complexity index is 1310. The summed E-state index contributed by atoms with van der Waals surface area (Å²) in [6.07, 6.45) is 0.367. The highest BCUT2D eigenvalue weighted by atomic mass is 35.5. The minimum atomic E-state index is -4.11. The van der Waals surface area contributed by atoms with E-state index in [1.54, 1.807) is 36.4 Å². The first kappa shape index (κ1) is 28.2. The monoisotopic (exact) mass is 541 g/mol. The van der Waals surface area contributed by atoms with Crippen molar-refractivity contribution in [2.75, 3.05) is 17.4 Å². The van der Waals surface area contributed by atoms with Crippen molar-refractivity contribution >= 4 is 39.1 Å². The topological polar surface area (TPSA) is 86.8 Å². The number of nitrogens with one attached hydrogen (secondary N) is 1. The molecule has 3 rings (SSSR count). The van der Waals surface area contributed by atoms with E-state index in [-0.39, 0.29) is 23.0 Å². The summed E-state index contributed by atoms with van der Waals surface area (Å²) in [6.45, 7) is 5.67. The molecular weight excluding hydrogens is 510 g/mol. The second-order valence-corrected chi connectivity index (χ2v) is 10.9. The number of carbonyl (C=O) groups is 2. The molecule has 0 aliphatic rings. The first-order valence-corrected chi connectivity index (χ1v) is 13.9. The van der Waals surface area contributed by atoms with Crippen molar-refractivity contribution in [2.24, 2.45) is 0 Å². The molecule has 0 fully saturated rings. The summed E-state index contributed by atoms with van der Waals surface area (Å²) in [5.41, 5.74) is 2.16. The fraction of sp³-hybridized carbons (Fsp3) is 0.286. The summed E-state index contributed by atoms with van der Waals surface area (Å²) < 4.78 is 28.5. The van der Waals surface area contributed by atoms with Crippen molar-refractivity contribution < 1.29 is 18.0 Å². The molecule has 0 bridgehead atoms. The second-order valence-electron chi connectivity index (χ2n) is 8.63. The molecule has 196 valence electrons. The van der Waals surface area contributed by atoms with Crippen LogP contribution in [0, 0.1) is 6.92 Å². The van der Waals surface area contributed by atoms with E-state index >= 15 is 0 Å². The average Bonchev–Trinajstić information content (AvgIpc) is 2.88. The van der Waals surface area contributed by atoms with Crippen molar-refractivity contribution in [1.29, 1.82) is 0 Å². The summed E-state index contributed by atoms with van der Waals surface area (Å²) in [5.74, 6) is -0.788. The summed E-state index contributed by atoms with van der Waals surface area (Å²) in [7, 11) is -4.11. The maximum Gasteiger partial charge on any atom is 0.264 e. The standard InChI is InChI=1S/C28H32ClN3O4S/c1-4-26(28(34)30-5-2)31(19-22-16-14-21(3)15-17-22)27(33)20-32(24-11-9-10-23(29)18-24)37(35,36)25-12-7-6-8-13-25/h6-18,26H,4-5,19-20H2,1-3H3,(H,30,34). The molecule has 0 saturated carbocycles. The van der Waals surface area contributed by atoms with Gasteiger partial charge in [0.1, 0.15) is 12.6 Å². The quantitative estimate of drug-likeness (QED) is 0.378. The largest absolute Gasteiger partial charge is 0.355 e. The number of hydrogen-bond acceptors (Lipinski definition) is 4. The molecular formula is C28H32ClN3O4S. The zero-order valence-corrected chi connectivity index (χ0v) is 22.8. The van der Waals surface area contributed by atoms with E-state index in [4.69, 9.17) is 11.6 Å². The normalized spacial score (nSPS) is 12.0. The second kappa shape index (κ2) is 12.7. The van der Waals surface area contributed by atoms with Crippen molar-refractivity contribution in [2.45, 2.75) is 44.7 Å². The van der Waals surface area contributed by atoms with Crippen LogP contribution in [0.2, 0.25) is 5.02 Å². The van der Waals surface area contributed by atoms with Crippen LogP contribution >= 0.6 is 11.6 Å². The van der Waals surface area contributed by atoms with Crippen molar-refractivity contribution in [3.8, 4) is 0 Å². The molecule has 0 saturated heterocycles. The predicted molar refractivity (Wildman–Crippen MR) is 147 cm³/mol. The molecule has 3 aromatic rings. The summed E-state index contributed by atoms with van der Waals surface area (Å²) in [6, 6.07) is 21.2. The Morgan fingerprint density at radius 2 is 1.62 bits per heavy atom. The average molecular weight is 542 g/mol. The van der Waals surface area contributed by atoms with Crippen LogP contribution in [0.3, 0.4) is 0 Å². The zero-order valence-electron chi connectivity index (χ0n) is 21.2. The number of hydrogen-bond donors (Lipinski definition) is 1. The molecule has 0 aliphatic heterocycles. The van der Waals surface area contributed by atoms with Crippen LogP contribution < -0.4 is 9.62 Å². The molecule has 37 heavy (non-hydrogen) atoms. The Morgan fingerprint density at radius 3 is 2.22 bits per heavy atom. The van der Waals surface area contributed by atoms with Gasteiger partial charge in [0.2, 0.25) is 11.8 Å². The lowest BCUT2D eigenvalue weighted by Gasteiger charge is -2.33. The molecule has 9 heteroatoms. The lowest BCUT2D eigenvalue weighted by molar-refractivity contribution is -0.140. The third-order valence-electron chi connectivity index (χ3n) is 5.92.